The summed E-state index contributed by atoms with van der Waals surface area (Å²) in [6.07, 6.45) is 18.3. The third-order valence-electron chi connectivity index (χ3n) is 7.98. The lowest BCUT2D eigenvalue weighted by Crippen LogP contribution is -2.50. The summed E-state index contributed by atoms with van der Waals surface area (Å²) in [6, 6.07) is 0. The molecule has 4 aliphatic carbocycles. The predicted molar refractivity (Wildman–Crippen MR) is 85.9 cm³/mol. The minimum atomic E-state index is 0.285. The summed E-state index contributed by atoms with van der Waals surface area (Å²) in [7, 11) is 0. The average Bonchev–Trinajstić information content (AvgIpc) is 2.89. The molecule has 0 bridgehead atoms. The van der Waals surface area contributed by atoms with Crippen LogP contribution in [0.15, 0.2) is 11.6 Å². The van der Waals surface area contributed by atoms with Gasteiger partial charge in [0.25, 0.3) is 0 Å². The van der Waals surface area contributed by atoms with Gasteiger partial charge >= 0.3 is 0 Å². The second kappa shape index (κ2) is 4.96. The maximum atomic E-state index is 11.5. The van der Waals surface area contributed by atoms with Crippen LogP contribution in [0.25, 0.3) is 0 Å². The molecule has 0 unspecified atom stereocenters. The Hall–Kier alpha value is -0.590. The zero-order chi connectivity index (χ0) is 14.5. The van der Waals surface area contributed by atoms with Crippen LogP contribution in [0.5, 0.6) is 0 Å². The van der Waals surface area contributed by atoms with Crippen molar-refractivity contribution >= 4 is 6.29 Å². The second-order valence-electron chi connectivity index (χ2n) is 8.65. The van der Waals surface area contributed by atoms with Gasteiger partial charge < -0.3 is 4.79 Å². The van der Waals surface area contributed by atoms with Crippen molar-refractivity contribution in [1.82, 2.24) is 0 Å². The Bertz CT molecular complexity index is 464. The van der Waals surface area contributed by atoms with Gasteiger partial charge in [-0.1, -0.05) is 25.0 Å². The van der Waals surface area contributed by atoms with E-state index < -0.39 is 0 Å². The van der Waals surface area contributed by atoms with Crippen LogP contribution in [0.2, 0.25) is 0 Å². The molecule has 0 amide bonds. The summed E-state index contributed by atoms with van der Waals surface area (Å²) in [6.45, 7) is 2.57. The SMILES string of the molecule is C[C@@]12CCC[C@H]1[C@@H]1CCC3=CCCC[C@]3(CC=O)[C@H]1CC2. The van der Waals surface area contributed by atoms with Crippen molar-refractivity contribution in [3.05, 3.63) is 11.6 Å². The fraction of sp³-hybridized carbons (Fsp3) is 0.850. The minimum Gasteiger partial charge on any atom is -0.303 e. The average molecular weight is 286 g/mol. The molecule has 1 heteroatoms. The highest BCUT2D eigenvalue weighted by Crippen LogP contribution is 2.66. The van der Waals surface area contributed by atoms with Gasteiger partial charge in [0, 0.05) is 11.8 Å². The molecular weight excluding hydrogens is 256 g/mol. The molecule has 1 nitrogen and oxygen atoms in total. The molecule has 0 spiro atoms. The molecule has 0 aliphatic heterocycles. The van der Waals surface area contributed by atoms with Gasteiger partial charge in [-0.05, 0) is 81.0 Å². The number of hydrogen-bond acceptors (Lipinski definition) is 1. The van der Waals surface area contributed by atoms with Crippen molar-refractivity contribution < 1.29 is 4.79 Å². The third kappa shape index (κ3) is 1.92. The van der Waals surface area contributed by atoms with Gasteiger partial charge in [0.05, 0.1) is 0 Å². The first kappa shape index (κ1) is 14.0. The summed E-state index contributed by atoms with van der Waals surface area (Å²) >= 11 is 0. The predicted octanol–water partition coefficient (Wildman–Crippen LogP) is 5.30. The van der Waals surface area contributed by atoms with E-state index in [1.165, 1.54) is 70.5 Å². The largest absolute Gasteiger partial charge is 0.303 e. The van der Waals surface area contributed by atoms with Crippen molar-refractivity contribution in [2.24, 2.45) is 28.6 Å². The van der Waals surface area contributed by atoms with Crippen LogP contribution < -0.4 is 0 Å². The van der Waals surface area contributed by atoms with E-state index in [1.807, 2.05) is 0 Å². The van der Waals surface area contributed by atoms with Crippen LogP contribution in [0.3, 0.4) is 0 Å². The topological polar surface area (TPSA) is 17.1 Å². The maximum Gasteiger partial charge on any atom is 0.120 e. The van der Waals surface area contributed by atoms with E-state index in [0.29, 0.717) is 5.41 Å². The minimum absolute atomic E-state index is 0.285. The van der Waals surface area contributed by atoms with E-state index in [9.17, 15) is 4.79 Å². The van der Waals surface area contributed by atoms with Crippen LogP contribution in [0.4, 0.5) is 0 Å². The van der Waals surface area contributed by atoms with Gasteiger partial charge in [0.2, 0.25) is 0 Å². The standard InChI is InChI=1S/C20H30O/c1-19-10-4-6-17(19)16-8-7-15-5-2-3-11-20(15,13-14-21)18(16)9-12-19/h5,14,16-18H,2-4,6-13H2,1H3/t16-,17-,18-,19-,20+/m0/s1. The molecule has 0 aromatic heterocycles. The quantitative estimate of drug-likeness (QED) is 0.497. The Labute approximate surface area is 129 Å². The van der Waals surface area contributed by atoms with Crippen molar-refractivity contribution in [2.45, 2.75) is 77.6 Å². The summed E-state index contributed by atoms with van der Waals surface area (Å²) in [5.74, 6) is 2.70. The Morgan fingerprint density at radius 1 is 1.14 bits per heavy atom. The van der Waals surface area contributed by atoms with Crippen LogP contribution >= 0.6 is 0 Å². The number of fused-ring (bicyclic) bond motifs is 5. The Balaban J connectivity index is 1.71. The highest BCUT2D eigenvalue weighted by molar-refractivity contribution is 5.53. The molecule has 4 aliphatic rings. The number of carbonyl (C=O) groups is 1. The zero-order valence-corrected chi connectivity index (χ0v) is 13.6. The Kier molecular flexibility index (Phi) is 3.32. The molecule has 0 saturated heterocycles. The van der Waals surface area contributed by atoms with Gasteiger partial charge in [0.1, 0.15) is 6.29 Å². The first-order valence-electron chi connectivity index (χ1n) is 9.33. The number of carbonyl (C=O) groups excluding carboxylic acids is 1. The van der Waals surface area contributed by atoms with Gasteiger partial charge in [-0.2, -0.15) is 0 Å². The van der Waals surface area contributed by atoms with Crippen LogP contribution in [-0.2, 0) is 4.79 Å². The fourth-order valence-electron chi connectivity index (χ4n) is 7.06. The molecule has 21 heavy (non-hydrogen) atoms. The molecular formula is C20H30O. The summed E-state index contributed by atoms with van der Waals surface area (Å²) in [5.41, 5.74) is 2.61. The molecule has 0 N–H and O–H groups in total. The van der Waals surface area contributed by atoms with Gasteiger partial charge in [-0.3, -0.25) is 0 Å². The fourth-order valence-corrected chi connectivity index (χ4v) is 7.06. The van der Waals surface area contributed by atoms with E-state index in [0.717, 1.165) is 24.2 Å². The van der Waals surface area contributed by atoms with Gasteiger partial charge in [-0.15, -0.1) is 0 Å². The van der Waals surface area contributed by atoms with Crippen molar-refractivity contribution in [3.8, 4) is 0 Å². The van der Waals surface area contributed by atoms with Crippen LogP contribution in [0.1, 0.15) is 77.6 Å². The van der Waals surface area contributed by atoms with Gasteiger partial charge in [-0.25, -0.2) is 0 Å². The molecule has 3 saturated carbocycles. The number of aldehydes is 1. The van der Waals surface area contributed by atoms with E-state index in [1.54, 1.807) is 5.57 Å². The smallest absolute Gasteiger partial charge is 0.120 e. The first-order chi connectivity index (χ1) is 10.2. The van der Waals surface area contributed by atoms with Crippen molar-refractivity contribution in [3.63, 3.8) is 0 Å². The molecule has 4 rings (SSSR count). The third-order valence-corrected chi connectivity index (χ3v) is 7.98. The number of allylic oxidation sites excluding steroid dienone is 2. The molecule has 0 aromatic rings. The molecule has 0 aromatic carbocycles. The van der Waals surface area contributed by atoms with E-state index in [4.69, 9.17) is 0 Å². The van der Waals surface area contributed by atoms with Crippen molar-refractivity contribution in [2.75, 3.05) is 0 Å². The van der Waals surface area contributed by atoms with Crippen molar-refractivity contribution in [1.29, 1.82) is 0 Å². The van der Waals surface area contributed by atoms with E-state index in [2.05, 4.69) is 13.0 Å². The molecule has 0 radical (unpaired) electrons. The van der Waals surface area contributed by atoms with Crippen LogP contribution in [-0.4, -0.2) is 6.29 Å². The van der Waals surface area contributed by atoms with E-state index >= 15 is 0 Å². The first-order valence-corrected chi connectivity index (χ1v) is 9.33. The summed E-state index contributed by atoms with van der Waals surface area (Å²) in [5, 5.41) is 0. The van der Waals surface area contributed by atoms with Gasteiger partial charge in [0.15, 0.2) is 0 Å². The van der Waals surface area contributed by atoms with Crippen LogP contribution in [0, 0.1) is 28.6 Å². The lowest BCUT2D eigenvalue weighted by molar-refractivity contribution is -0.113. The molecule has 0 heterocycles. The second-order valence-corrected chi connectivity index (χ2v) is 8.65. The maximum absolute atomic E-state index is 11.5. The zero-order valence-electron chi connectivity index (χ0n) is 13.6. The highest BCUT2D eigenvalue weighted by atomic mass is 16.1. The van der Waals surface area contributed by atoms with E-state index in [-0.39, 0.29) is 5.41 Å². The molecule has 5 atom stereocenters. The lowest BCUT2D eigenvalue weighted by atomic mass is 9.46. The Morgan fingerprint density at radius 2 is 2.05 bits per heavy atom. The summed E-state index contributed by atoms with van der Waals surface area (Å²) < 4.78 is 0. The number of hydrogen-bond donors (Lipinski definition) is 0. The highest BCUT2D eigenvalue weighted by Gasteiger charge is 2.56. The lowest BCUT2D eigenvalue weighted by Gasteiger charge is -2.58. The summed E-state index contributed by atoms with van der Waals surface area (Å²) in [4.78, 5) is 11.5. The Morgan fingerprint density at radius 3 is 2.90 bits per heavy atom. The molecule has 116 valence electrons. The number of rotatable bonds is 2. The normalized spacial score (nSPS) is 48.8. The molecule has 3 fully saturated rings. The monoisotopic (exact) mass is 286 g/mol.